The average Bonchev–Trinajstić information content (AvgIpc) is 3.14. The lowest BCUT2D eigenvalue weighted by Gasteiger charge is -2.13. The molecule has 2 aromatic heterocycles. The van der Waals surface area contributed by atoms with Crippen LogP contribution < -0.4 is 10.2 Å². The van der Waals surface area contributed by atoms with Gasteiger partial charge in [0.1, 0.15) is 17.0 Å². The van der Waals surface area contributed by atoms with Gasteiger partial charge in [-0.15, -0.1) is 11.3 Å². The molecule has 2 heterocycles. The molecule has 0 radical (unpaired) electrons. The number of fused-ring (bicyclic) bond motifs is 1. The Labute approximate surface area is 165 Å². The van der Waals surface area contributed by atoms with Crippen LogP contribution in [0.5, 0.6) is 0 Å². The minimum atomic E-state index is -0.389. The second-order valence-corrected chi connectivity index (χ2v) is 7.28. The van der Waals surface area contributed by atoms with Crippen molar-refractivity contribution in [1.82, 2.24) is 9.97 Å². The van der Waals surface area contributed by atoms with Crippen molar-refractivity contribution in [2.24, 2.45) is 0 Å². The van der Waals surface area contributed by atoms with Crippen LogP contribution in [0.3, 0.4) is 0 Å². The van der Waals surface area contributed by atoms with Gasteiger partial charge in [-0.1, -0.05) is 12.1 Å². The SMILES string of the molecule is CN(C)c1ccc(Nc2ncnc3scc(-c4cccc([N+](=O)[O-])c4)c23)cc1. The predicted octanol–water partition coefficient (Wildman–Crippen LogP) is 5.08. The summed E-state index contributed by atoms with van der Waals surface area (Å²) in [4.78, 5) is 22.4. The Balaban J connectivity index is 1.77. The number of hydrogen-bond donors (Lipinski definition) is 1. The molecule has 140 valence electrons. The fraction of sp³-hybridized carbons (Fsp3) is 0.100. The zero-order chi connectivity index (χ0) is 19.7. The monoisotopic (exact) mass is 391 g/mol. The molecule has 0 aliphatic carbocycles. The second-order valence-electron chi connectivity index (χ2n) is 6.43. The lowest BCUT2D eigenvalue weighted by molar-refractivity contribution is -0.384. The van der Waals surface area contributed by atoms with Crippen molar-refractivity contribution < 1.29 is 4.92 Å². The first-order valence-electron chi connectivity index (χ1n) is 8.54. The van der Waals surface area contributed by atoms with Crippen molar-refractivity contribution in [3.05, 3.63) is 70.4 Å². The van der Waals surface area contributed by atoms with Crippen molar-refractivity contribution >= 4 is 44.4 Å². The first kappa shape index (κ1) is 17.9. The first-order chi connectivity index (χ1) is 13.5. The van der Waals surface area contributed by atoms with Crippen LogP contribution in [0.25, 0.3) is 21.3 Å². The van der Waals surface area contributed by atoms with Gasteiger partial charge in [0.25, 0.3) is 5.69 Å². The van der Waals surface area contributed by atoms with E-state index < -0.39 is 0 Å². The van der Waals surface area contributed by atoms with Gasteiger partial charge < -0.3 is 10.2 Å². The maximum absolute atomic E-state index is 11.1. The van der Waals surface area contributed by atoms with Gasteiger partial charge in [0.2, 0.25) is 0 Å². The van der Waals surface area contributed by atoms with Crippen molar-refractivity contribution in [2.45, 2.75) is 0 Å². The summed E-state index contributed by atoms with van der Waals surface area (Å²) in [5.41, 5.74) is 3.70. The van der Waals surface area contributed by atoms with Crippen LogP contribution in [-0.4, -0.2) is 29.0 Å². The third-order valence-corrected chi connectivity index (χ3v) is 5.27. The Morgan fingerprint density at radius 1 is 1.11 bits per heavy atom. The van der Waals surface area contributed by atoms with Crippen LogP contribution in [0, 0.1) is 10.1 Å². The van der Waals surface area contributed by atoms with Gasteiger partial charge >= 0.3 is 0 Å². The molecule has 0 fully saturated rings. The zero-order valence-electron chi connectivity index (χ0n) is 15.3. The van der Waals surface area contributed by atoms with Crippen molar-refractivity contribution in [3.8, 4) is 11.1 Å². The van der Waals surface area contributed by atoms with E-state index >= 15 is 0 Å². The lowest BCUT2D eigenvalue weighted by Crippen LogP contribution is -2.08. The van der Waals surface area contributed by atoms with E-state index in [0.29, 0.717) is 5.82 Å². The van der Waals surface area contributed by atoms with Crippen molar-refractivity contribution in [3.63, 3.8) is 0 Å². The summed E-state index contributed by atoms with van der Waals surface area (Å²) in [6, 6.07) is 14.6. The molecule has 4 aromatic rings. The minimum Gasteiger partial charge on any atom is -0.378 e. The molecule has 28 heavy (non-hydrogen) atoms. The standard InChI is InChI=1S/C20H17N5O2S/c1-24(2)15-8-6-14(7-9-15)23-19-18-17(11-28-20(18)22-12-21-19)13-4-3-5-16(10-13)25(26)27/h3-12H,1-2H3,(H,21,22,23). The molecule has 0 aliphatic rings. The van der Waals surface area contributed by atoms with Crippen molar-refractivity contribution in [2.75, 3.05) is 24.3 Å². The Hall–Kier alpha value is -3.52. The van der Waals surface area contributed by atoms with E-state index in [1.54, 1.807) is 12.1 Å². The topological polar surface area (TPSA) is 84.2 Å². The number of non-ortho nitro benzene ring substituents is 1. The Bertz CT molecular complexity index is 1150. The molecule has 4 rings (SSSR count). The molecule has 1 N–H and O–H groups in total. The highest BCUT2D eigenvalue weighted by atomic mass is 32.1. The van der Waals surface area contributed by atoms with E-state index in [1.165, 1.54) is 23.7 Å². The first-order valence-corrected chi connectivity index (χ1v) is 9.42. The molecule has 0 amide bonds. The zero-order valence-corrected chi connectivity index (χ0v) is 16.1. The number of nitrogens with zero attached hydrogens (tertiary/aromatic N) is 4. The van der Waals surface area contributed by atoms with Crippen molar-refractivity contribution in [1.29, 1.82) is 0 Å². The number of anilines is 3. The largest absolute Gasteiger partial charge is 0.378 e. The maximum atomic E-state index is 11.1. The number of thiophene rings is 1. The van der Waals surface area contributed by atoms with E-state index in [0.717, 1.165) is 32.7 Å². The summed E-state index contributed by atoms with van der Waals surface area (Å²) in [5.74, 6) is 0.672. The van der Waals surface area contributed by atoms with Crippen LogP contribution in [0.15, 0.2) is 60.2 Å². The van der Waals surface area contributed by atoms with Gasteiger partial charge in [-0.05, 0) is 29.8 Å². The average molecular weight is 391 g/mol. The van der Waals surface area contributed by atoms with Gasteiger partial charge in [0, 0.05) is 48.5 Å². The normalized spacial score (nSPS) is 10.8. The van der Waals surface area contributed by atoms with Gasteiger partial charge in [-0.2, -0.15) is 0 Å². The Morgan fingerprint density at radius 2 is 1.89 bits per heavy atom. The van der Waals surface area contributed by atoms with Crippen LogP contribution >= 0.6 is 11.3 Å². The predicted molar refractivity (Wildman–Crippen MR) is 114 cm³/mol. The summed E-state index contributed by atoms with van der Waals surface area (Å²) in [6.45, 7) is 0. The van der Waals surface area contributed by atoms with Gasteiger partial charge in [0.05, 0.1) is 10.3 Å². The fourth-order valence-corrected chi connectivity index (χ4v) is 3.86. The van der Waals surface area contributed by atoms with Crippen LogP contribution in [0.2, 0.25) is 0 Å². The number of aromatic nitrogens is 2. The van der Waals surface area contributed by atoms with Gasteiger partial charge in [0.15, 0.2) is 0 Å². The summed E-state index contributed by atoms with van der Waals surface area (Å²) in [6.07, 6.45) is 1.52. The number of hydrogen-bond acceptors (Lipinski definition) is 7. The van der Waals surface area contributed by atoms with Gasteiger partial charge in [-0.25, -0.2) is 9.97 Å². The molecule has 0 saturated heterocycles. The molecule has 7 nitrogen and oxygen atoms in total. The minimum absolute atomic E-state index is 0.0579. The number of rotatable bonds is 5. The second kappa shape index (κ2) is 7.24. The molecule has 8 heteroatoms. The third kappa shape index (κ3) is 3.37. The molecular weight excluding hydrogens is 374 g/mol. The highest BCUT2D eigenvalue weighted by Crippen LogP contribution is 2.38. The molecule has 0 saturated carbocycles. The van der Waals surface area contributed by atoms with Gasteiger partial charge in [-0.3, -0.25) is 10.1 Å². The molecule has 0 aliphatic heterocycles. The summed E-state index contributed by atoms with van der Waals surface area (Å²) >= 11 is 1.49. The number of benzene rings is 2. The lowest BCUT2D eigenvalue weighted by atomic mass is 10.1. The van der Waals surface area contributed by atoms with Crippen LogP contribution in [-0.2, 0) is 0 Å². The summed E-state index contributed by atoms with van der Waals surface area (Å²) < 4.78 is 0. The summed E-state index contributed by atoms with van der Waals surface area (Å²) in [7, 11) is 3.99. The van der Waals surface area contributed by atoms with E-state index in [9.17, 15) is 10.1 Å². The highest BCUT2D eigenvalue weighted by Gasteiger charge is 2.15. The summed E-state index contributed by atoms with van der Waals surface area (Å²) in [5, 5.41) is 17.3. The molecule has 0 spiro atoms. The third-order valence-electron chi connectivity index (χ3n) is 4.38. The number of nitrogens with one attached hydrogen (secondary N) is 1. The van der Waals surface area contributed by atoms with Crippen LogP contribution in [0.1, 0.15) is 0 Å². The molecule has 2 aromatic carbocycles. The van der Waals surface area contributed by atoms with E-state index in [1.807, 2.05) is 54.7 Å². The molecule has 0 atom stereocenters. The highest BCUT2D eigenvalue weighted by molar-refractivity contribution is 7.17. The van der Waals surface area contributed by atoms with E-state index in [-0.39, 0.29) is 10.6 Å². The molecular formula is C20H17N5O2S. The number of nitro benzene ring substituents is 1. The Morgan fingerprint density at radius 3 is 2.61 bits per heavy atom. The molecule has 0 bridgehead atoms. The Kier molecular flexibility index (Phi) is 4.62. The molecule has 0 unspecified atom stereocenters. The smallest absolute Gasteiger partial charge is 0.270 e. The number of nitro groups is 1. The maximum Gasteiger partial charge on any atom is 0.270 e. The fourth-order valence-electron chi connectivity index (χ4n) is 2.95. The van der Waals surface area contributed by atoms with Crippen LogP contribution in [0.4, 0.5) is 22.9 Å². The van der Waals surface area contributed by atoms with E-state index in [2.05, 4.69) is 15.3 Å². The quantitative estimate of drug-likeness (QED) is 0.377. The van der Waals surface area contributed by atoms with E-state index in [4.69, 9.17) is 0 Å².